The molecule has 0 N–H and O–H groups in total. The van der Waals surface area contributed by atoms with Gasteiger partial charge in [0.1, 0.15) is 19.2 Å². The molecule has 0 radical (unpaired) electrons. The second kappa shape index (κ2) is 7.62. The van der Waals surface area contributed by atoms with Crippen molar-refractivity contribution in [1.29, 1.82) is 0 Å². The number of hydrogen-bond acceptors (Lipinski definition) is 5. The Hall–Kier alpha value is -3.29. The zero-order valence-corrected chi connectivity index (χ0v) is 16.4. The largest absolute Gasteiger partial charge is 0.337 e. The molecule has 0 saturated carbocycles. The molecule has 0 spiro atoms. The van der Waals surface area contributed by atoms with E-state index in [0.717, 1.165) is 16.2 Å². The molecular formula is C21H23N5O3. The predicted molar refractivity (Wildman–Crippen MR) is 105 cm³/mol. The summed E-state index contributed by atoms with van der Waals surface area (Å²) in [5.41, 5.74) is 1.82. The number of amides is 3. The lowest BCUT2D eigenvalue weighted by Gasteiger charge is -2.27. The summed E-state index contributed by atoms with van der Waals surface area (Å²) in [6, 6.07) is 7.47. The van der Waals surface area contributed by atoms with Crippen LogP contribution in [-0.4, -0.2) is 55.9 Å². The molecule has 1 saturated heterocycles. The monoisotopic (exact) mass is 393 g/mol. The van der Waals surface area contributed by atoms with Crippen molar-refractivity contribution < 1.29 is 14.4 Å². The number of rotatable bonds is 5. The molecule has 2 aliphatic rings. The molecule has 150 valence electrons. The summed E-state index contributed by atoms with van der Waals surface area (Å²) in [5, 5.41) is 4.09. The molecule has 1 fully saturated rings. The summed E-state index contributed by atoms with van der Waals surface area (Å²) >= 11 is 0. The number of benzene rings is 1. The lowest BCUT2D eigenvalue weighted by Crippen LogP contribution is -2.42. The first-order valence-corrected chi connectivity index (χ1v) is 9.68. The van der Waals surface area contributed by atoms with Gasteiger partial charge in [0.15, 0.2) is 0 Å². The minimum Gasteiger partial charge on any atom is -0.337 e. The van der Waals surface area contributed by atoms with Gasteiger partial charge >= 0.3 is 0 Å². The molecule has 1 aliphatic heterocycles. The highest BCUT2D eigenvalue weighted by molar-refractivity contribution is 6.07. The number of carbonyl (C=O) groups excluding carboxylic acids is 3. The van der Waals surface area contributed by atoms with E-state index < -0.39 is 0 Å². The first-order chi connectivity index (χ1) is 14.0. The molecule has 29 heavy (non-hydrogen) atoms. The molecule has 8 heteroatoms. The molecule has 0 bridgehead atoms. The van der Waals surface area contributed by atoms with Crippen LogP contribution in [0.4, 0.5) is 0 Å². The van der Waals surface area contributed by atoms with Crippen molar-refractivity contribution in [2.24, 2.45) is 11.8 Å². The first kappa shape index (κ1) is 19.0. The summed E-state index contributed by atoms with van der Waals surface area (Å²) in [6.45, 7) is 1.71. The number of allylic oxidation sites excluding steroid dienone is 2. The van der Waals surface area contributed by atoms with E-state index in [-0.39, 0.29) is 42.1 Å². The number of likely N-dealkylation sites (tertiary alicyclic amines) is 1. The van der Waals surface area contributed by atoms with Crippen molar-refractivity contribution in [1.82, 2.24) is 24.6 Å². The number of fused-ring (bicyclic) bond motifs is 1. The summed E-state index contributed by atoms with van der Waals surface area (Å²) in [7, 11) is 1.69. The lowest BCUT2D eigenvalue weighted by atomic mass is 9.85. The van der Waals surface area contributed by atoms with Gasteiger partial charge in [-0.2, -0.15) is 5.10 Å². The van der Waals surface area contributed by atoms with E-state index in [0.29, 0.717) is 12.8 Å². The van der Waals surface area contributed by atoms with Gasteiger partial charge in [-0.05, 0) is 37.5 Å². The number of nitrogens with zero attached hydrogens (tertiary/aromatic N) is 5. The highest BCUT2D eigenvalue weighted by Crippen LogP contribution is 2.35. The molecule has 3 amide bonds. The Bertz CT molecular complexity index is 925. The van der Waals surface area contributed by atoms with Crippen LogP contribution in [0, 0.1) is 11.8 Å². The number of hydrogen-bond donors (Lipinski definition) is 0. The average molecular weight is 393 g/mol. The third-order valence-corrected chi connectivity index (χ3v) is 5.93. The minimum absolute atomic E-state index is 0.205. The Morgan fingerprint density at radius 1 is 1.14 bits per heavy atom. The van der Waals surface area contributed by atoms with Gasteiger partial charge in [-0.25, -0.2) is 9.67 Å². The highest BCUT2D eigenvalue weighted by Gasteiger charge is 2.47. The van der Waals surface area contributed by atoms with Gasteiger partial charge in [0.25, 0.3) is 0 Å². The smallest absolute Gasteiger partial charge is 0.242 e. The average Bonchev–Trinajstić information content (AvgIpc) is 3.37. The van der Waals surface area contributed by atoms with Crippen LogP contribution in [0.3, 0.4) is 0 Å². The Balaban J connectivity index is 1.42. The zero-order chi connectivity index (χ0) is 20.5. The van der Waals surface area contributed by atoms with Crippen molar-refractivity contribution in [2.45, 2.75) is 25.8 Å². The Morgan fingerprint density at radius 3 is 2.31 bits per heavy atom. The van der Waals surface area contributed by atoms with E-state index in [1.54, 1.807) is 23.0 Å². The maximum Gasteiger partial charge on any atom is 0.242 e. The normalized spacial score (nSPS) is 21.9. The van der Waals surface area contributed by atoms with Crippen LogP contribution in [0.2, 0.25) is 0 Å². The summed E-state index contributed by atoms with van der Waals surface area (Å²) in [4.78, 5) is 44.6. The lowest BCUT2D eigenvalue weighted by molar-refractivity contribution is -0.146. The van der Waals surface area contributed by atoms with Crippen molar-refractivity contribution in [3.8, 4) is 5.69 Å². The van der Waals surface area contributed by atoms with Crippen LogP contribution in [0.5, 0.6) is 0 Å². The van der Waals surface area contributed by atoms with Crippen LogP contribution in [0.15, 0.2) is 49.1 Å². The molecular weight excluding hydrogens is 370 g/mol. The van der Waals surface area contributed by atoms with Crippen LogP contribution < -0.4 is 0 Å². The number of carbonyl (C=O) groups is 3. The van der Waals surface area contributed by atoms with E-state index in [1.807, 2.05) is 43.3 Å². The fourth-order valence-electron chi connectivity index (χ4n) is 3.96. The number of aromatic nitrogens is 3. The standard InChI is InChI=1S/C21H23N5O3/c1-14(15-7-9-16(10-8-15)26-13-22-12-23-26)24(2)19(27)11-25-20(28)17-5-3-4-6-18(17)21(25)29/h3-4,7-10,12-14,17-18H,5-6,11H2,1-2H3. The van der Waals surface area contributed by atoms with E-state index in [9.17, 15) is 14.4 Å². The molecule has 8 nitrogen and oxygen atoms in total. The summed E-state index contributed by atoms with van der Waals surface area (Å²) in [5.74, 6) is -1.34. The molecule has 2 aromatic rings. The van der Waals surface area contributed by atoms with Crippen LogP contribution in [0.1, 0.15) is 31.4 Å². The SMILES string of the molecule is CC(c1ccc(-n2cncn2)cc1)N(C)C(=O)CN1C(=O)C2CC=CCC2C1=O. The van der Waals surface area contributed by atoms with E-state index in [1.165, 1.54) is 6.33 Å². The number of imide groups is 1. The molecule has 1 aliphatic carbocycles. The molecule has 3 unspecified atom stereocenters. The number of likely N-dealkylation sites (N-methyl/N-ethyl adjacent to an activating group) is 1. The van der Waals surface area contributed by atoms with Crippen LogP contribution in [-0.2, 0) is 14.4 Å². The van der Waals surface area contributed by atoms with Gasteiger partial charge in [0.05, 0.1) is 23.6 Å². The van der Waals surface area contributed by atoms with Gasteiger partial charge in [0, 0.05) is 7.05 Å². The highest BCUT2D eigenvalue weighted by atomic mass is 16.2. The van der Waals surface area contributed by atoms with Gasteiger partial charge in [-0.1, -0.05) is 24.3 Å². The maximum atomic E-state index is 12.8. The van der Waals surface area contributed by atoms with Crippen LogP contribution >= 0.6 is 0 Å². The summed E-state index contributed by atoms with van der Waals surface area (Å²) < 4.78 is 1.65. The van der Waals surface area contributed by atoms with Crippen LogP contribution in [0.25, 0.3) is 5.69 Å². The van der Waals surface area contributed by atoms with Crippen molar-refractivity contribution >= 4 is 17.7 Å². The Kier molecular flexibility index (Phi) is 5.00. The van der Waals surface area contributed by atoms with Crippen molar-refractivity contribution in [3.05, 3.63) is 54.6 Å². The van der Waals surface area contributed by atoms with Gasteiger partial charge in [0.2, 0.25) is 17.7 Å². The Morgan fingerprint density at radius 2 is 1.76 bits per heavy atom. The summed E-state index contributed by atoms with van der Waals surface area (Å²) in [6.07, 6.45) is 8.11. The quantitative estimate of drug-likeness (QED) is 0.570. The van der Waals surface area contributed by atoms with Crippen molar-refractivity contribution in [2.75, 3.05) is 13.6 Å². The third-order valence-electron chi connectivity index (χ3n) is 5.93. The fourth-order valence-corrected chi connectivity index (χ4v) is 3.96. The predicted octanol–water partition coefficient (Wildman–Crippen LogP) is 1.74. The Labute approximate surface area is 168 Å². The van der Waals surface area contributed by atoms with Gasteiger partial charge < -0.3 is 4.90 Å². The third kappa shape index (κ3) is 3.46. The minimum atomic E-state index is -0.313. The molecule has 1 aromatic carbocycles. The maximum absolute atomic E-state index is 12.8. The molecule has 4 rings (SSSR count). The van der Waals surface area contributed by atoms with E-state index in [4.69, 9.17) is 0 Å². The van der Waals surface area contributed by atoms with E-state index in [2.05, 4.69) is 10.1 Å². The van der Waals surface area contributed by atoms with Crippen molar-refractivity contribution in [3.63, 3.8) is 0 Å². The molecule has 1 aromatic heterocycles. The second-order valence-electron chi connectivity index (χ2n) is 7.53. The van der Waals surface area contributed by atoms with Gasteiger partial charge in [-0.3, -0.25) is 19.3 Å². The topological polar surface area (TPSA) is 88.4 Å². The van der Waals surface area contributed by atoms with Gasteiger partial charge in [-0.15, -0.1) is 0 Å². The fraction of sp³-hybridized carbons (Fsp3) is 0.381. The molecule has 2 heterocycles. The van der Waals surface area contributed by atoms with E-state index >= 15 is 0 Å². The second-order valence-corrected chi connectivity index (χ2v) is 7.53. The first-order valence-electron chi connectivity index (χ1n) is 9.68. The molecule has 3 atom stereocenters. The zero-order valence-electron chi connectivity index (χ0n) is 16.4.